The van der Waals surface area contributed by atoms with Crippen molar-refractivity contribution in [3.05, 3.63) is 36.0 Å². The third-order valence-electron chi connectivity index (χ3n) is 3.33. The highest BCUT2D eigenvalue weighted by atomic mass is 16.1. The van der Waals surface area contributed by atoms with E-state index in [0.29, 0.717) is 13.1 Å². The summed E-state index contributed by atoms with van der Waals surface area (Å²) in [7, 11) is 0. The molecule has 0 bridgehead atoms. The van der Waals surface area contributed by atoms with Gasteiger partial charge in [-0.05, 0) is 24.8 Å². The van der Waals surface area contributed by atoms with E-state index in [-0.39, 0.29) is 17.8 Å². The van der Waals surface area contributed by atoms with E-state index in [0.717, 1.165) is 24.8 Å². The second-order valence-electron chi connectivity index (χ2n) is 5.38. The van der Waals surface area contributed by atoms with E-state index in [4.69, 9.17) is 11.5 Å². The van der Waals surface area contributed by atoms with E-state index >= 15 is 0 Å². The normalized spacial score (nSPS) is 16.8. The maximum absolute atomic E-state index is 11.8. The summed E-state index contributed by atoms with van der Waals surface area (Å²) in [6.07, 6.45) is 15.5. The minimum absolute atomic E-state index is 0.0435. The monoisotopic (exact) mass is 304 g/mol. The molecule has 0 fully saturated rings. The van der Waals surface area contributed by atoms with Crippen LogP contribution in [0.1, 0.15) is 39.0 Å². The zero-order valence-corrected chi connectivity index (χ0v) is 13.4. The molecule has 0 heterocycles. The topological polar surface area (TPSA) is 93.5 Å². The van der Waals surface area contributed by atoms with Crippen molar-refractivity contribution in [2.24, 2.45) is 22.4 Å². The summed E-state index contributed by atoms with van der Waals surface area (Å²) in [5.74, 6) is 0.154. The average Bonchev–Trinajstić information content (AvgIpc) is 3.25. The number of allylic oxidation sites excluding steroid dienone is 4. The van der Waals surface area contributed by atoms with Crippen LogP contribution in [0.5, 0.6) is 0 Å². The summed E-state index contributed by atoms with van der Waals surface area (Å²) in [5.41, 5.74) is 11.6. The van der Waals surface area contributed by atoms with Crippen LogP contribution in [0.25, 0.3) is 0 Å². The zero-order chi connectivity index (χ0) is 16.2. The lowest BCUT2D eigenvalue weighted by atomic mass is 10.2. The third-order valence-corrected chi connectivity index (χ3v) is 3.33. The molecule has 0 radical (unpaired) electrons. The lowest BCUT2D eigenvalue weighted by Crippen LogP contribution is -2.27. The fourth-order valence-electron chi connectivity index (χ4n) is 1.96. The van der Waals surface area contributed by atoms with Crippen molar-refractivity contribution in [2.45, 2.75) is 39.0 Å². The highest BCUT2D eigenvalue weighted by Crippen LogP contribution is 2.29. The van der Waals surface area contributed by atoms with E-state index in [9.17, 15) is 4.79 Å². The summed E-state index contributed by atoms with van der Waals surface area (Å²) in [5, 5.41) is 2.93. The van der Waals surface area contributed by atoms with Gasteiger partial charge in [0.15, 0.2) is 5.96 Å². The van der Waals surface area contributed by atoms with Gasteiger partial charge in [0.05, 0.1) is 5.92 Å². The van der Waals surface area contributed by atoms with Crippen LogP contribution < -0.4 is 16.8 Å². The molecule has 1 rings (SSSR count). The molecule has 0 aliphatic heterocycles. The summed E-state index contributed by atoms with van der Waals surface area (Å²) < 4.78 is 0. The van der Waals surface area contributed by atoms with Gasteiger partial charge in [-0.3, -0.25) is 9.79 Å². The molecule has 5 nitrogen and oxygen atoms in total. The first-order valence-corrected chi connectivity index (χ1v) is 8.03. The van der Waals surface area contributed by atoms with Crippen LogP contribution in [0.4, 0.5) is 0 Å². The molecule has 5 heteroatoms. The predicted octanol–water partition coefficient (Wildman–Crippen LogP) is 2.02. The van der Waals surface area contributed by atoms with Crippen LogP contribution in [0.2, 0.25) is 0 Å². The van der Waals surface area contributed by atoms with Gasteiger partial charge in [-0.15, -0.1) is 0 Å². The summed E-state index contributed by atoms with van der Waals surface area (Å²) >= 11 is 0. The Morgan fingerprint density at radius 1 is 1.32 bits per heavy atom. The largest absolute Gasteiger partial charge is 0.370 e. The van der Waals surface area contributed by atoms with Gasteiger partial charge < -0.3 is 16.8 Å². The van der Waals surface area contributed by atoms with Crippen LogP contribution in [-0.2, 0) is 4.79 Å². The highest BCUT2D eigenvalue weighted by Gasteiger charge is 2.29. The number of amides is 1. The van der Waals surface area contributed by atoms with Crippen molar-refractivity contribution in [1.29, 1.82) is 0 Å². The number of nitrogens with zero attached hydrogens (tertiary/aromatic N) is 1. The fraction of sp³-hybridized carbons (Fsp3) is 0.529. The van der Waals surface area contributed by atoms with E-state index in [1.165, 1.54) is 12.8 Å². The maximum Gasteiger partial charge on any atom is 0.231 e. The molecule has 0 saturated heterocycles. The van der Waals surface area contributed by atoms with Crippen molar-refractivity contribution >= 4 is 11.9 Å². The number of rotatable bonds is 11. The summed E-state index contributed by atoms with van der Waals surface area (Å²) in [6, 6.07) is 0. The lowest BCUT2D eigenvalue weighted by Gasteiger charge is -2.03. The molecule has 1 aliphatic carbocycles. The number of unbranched alkanes of at least 4 members (excludes halogenated alkanes) is 3. The number of nitrogens with two attached hydrogens (primary N) is 2. The zero-order valence-electron chi connectivity index (χ0n) is 13.4. The summed E-state index contributed by atoms with van der Waals surface area (Å²) in [6.45, 7) is 3.46. The Balaban J connectivity index is 2.05. The van der Waals surface area contributed by atoms with Gasteiger partial charge in [-0.25, -0.2) is 0 Å². The SMILES string of the molecule is CCCC/C=C/C=C/C1=CC1C(=O)NCCCCN=C(N)N. The van der Waals surface area contributed by atoms with Crippen molar-refractivity contribution in [3.8, 4) is 0 Å². The number of carbonyl (C=O) groups is 1. The number of carbonyl (C=O) groups excluding carboxylic acids is 1. The Morgan fingerprint density at radius 2 is 2.14 bits per heavy atom. The summed E-state index contributed by atoms with van der Waals surface area (Å²) in [4.78, 5) is 15.7. The molecule has 0 spiro atoms. The number of guanidine groups is 1. The fourth-order valence-corrected chi connectivity index (χ4v) is 1.96. The molecule has 5 N–H and O–H groups in total. The van der Waals surface area contributed by atoms with Gasteiger partial charge in [0.25, 0.3) is 0 Å². The standard InChI is InChI=1S/C17H28N4O/c1-2-3-4-5-6-7-10-14-13-15(14)16(22)20-11-8-9-12-21-17(18)19/h5-7,10,13,15H,2-4,8-9,11-12H2,1H3,(H,20,22)(H4,18,19,21)/b6-5+,10-7+. The molecule has 0 aromatic heterocycles. The molecule has 122 valence electrons. The lowest BCUT2D eigenvalue weighted by molar-refractivity contribution is -0.121. The van der Waals surface area contributed by atoms with Crippen molar-refractivity contribution in [3.63, 3.8) is 0 Å². The van der Waals surface area contributed by atoms with Gasteiger partial charge in [0.1, 0.15) is 0 Å². The van der Waals surface area contributed by atoms with Gasteiger partial charge >= 0.3 is 0 Å². The molecular formula is C17H28N4O. The van der Waals surface area contributed by atoms with Crippen LogP contribution in [0, 0.1) is 5.92 Å². The molecule has 0 aromatic rings. The molecular weight excluding hydrogens is 276 g/mol. The average molecular weight is 304 g/mol. The van der Waals surface area contributed by atoms with Crippen molar-refractivity contribution in [1.82, 2.24) is 5.32 Å². The van der Waals surface area contributed by atoms with Crippen LogP contribution in [-0.4, -0.2) is 25.0 Å². The Bertz CT molecular complexity index is 459. The smallest absolute Gasteiger partial charge is 0.231 e. The molecule has 0 saturated carbocycles. The van der Waals surface area contributed by atoms with Crippen molar-refractivity contribution < 1.29 is 4.79 Å². The quantitative estimate of drug-likeness (QED) is 0.236. The van der Waals surface area contributed by atoms with Crippen molar-refractivity contribution in [2.75, 3.05) is 13.1 Å². The number of hydrogen-bond donors (Lipinski definition) is 3. The first-order chi connectivity index (χ1) is 10.6. The Hall–Kier alpha value is -2.04. The van der Waals surface area contributed by atoms with Crippen LogP contribution in [0.15, 0.2) is 40.9 Å². The molecule has 1 unspecified atom stereocenters. The van der Waals surface area contributed by atoms with Gasteiger partial charge in [-0.2, -0.15) is 0 Å². The highest BCUT2D eigenvalue weighted by molar-refractivity contribution is 5.89. The van der Waals surface area contributed by atoms with E-state index in [1.54, 1.807) is 0 Å². The first kappa shape index (κ1) is 18.0. The van der Waals surface area contributed by atoms with Crippen LogP contribution in [0.3, 0.4) is 0 Å². The molecule has 1 amide bonds. The minimum Gasteiger partial charge on any atom is -0.370 e. The minimum atomic E-state index is -0.0435. The van der Waals surface area contributed by atoms with E-state index in [2.05, 4.69) is 23.3 Å². The second-order valence-corrected chi connectivity index (χ2v) is 5.38. The number of nitrogens with one attached hydrogen (secondary N) is 1. The molecule has 22 heavy (non-hydrogen) atoms. The Kier molecular flexibility index (Phi) is 8.72. The van der Waals surface area contributed by atoms with Gasteiger partial charge in [0, 0.05) is 13.1 Å². The van der Waals surface area contributed by atoms with Gasteiger partial charge in [-0.1, -0.05) is 50.1 Å². The third kappa shape index (κ3) is 8.29. The maximum atomic E-state index is 11.8. The Morgan fingerprint density at radius 3 is 2.86 bits per heavy atom. The first-order valence-electron chi connectivity index (χ1n) is 8.03. The predicted molar refractivity (Wildman–Crippen MR) is 92.3 cm³/mol. The second kappa shape index (κ2) is 10.7. The Labute approximate surface area is 133 Å². The number of hydrogen-bond acceptors (Lipinski definition) is 2. The van der Waals surface area contributed by atoms with Gasteiger partial charge in [0.2, 0.25) is 5.91 Å². The number of aliphatic imine (C=N–C) groups is 1. The van der Waals surface area contributed by atoms with E-state index in [1.807, 2.05) is 24.3 Å². The van der Waals surface area contributed by atoms with E-state index < -0.39 is 0 Å². The molecule has 0 aromatic carbocycles. The van der Waals surface area contributed by atoms with Crippen LogP contribution >= 0.6 is 0 Å². The molecule has 1 aliphatic rings. The molecule has 1 atom stereocenters.